The molecule has 0 aliphatic carbocycles. The van der Waals surface area contributed by atoms with Crippen LogP contribution in [-0.2, 0) is 0 Å². The highest BCUT2D eigenvalue weighted by atomic mass is 35.5. The largest absolute Gasteiger partial charge is 0.370 e. The molecule has 1 atom stereocenters. The Morgan fingerprint density at radius 2 is 2.27 bits per heavy atom. The fourth-order valence-electron chi connectivity index (χ4n) is 1.33. The third-order valence-corrected chi connectivity index (χ3v) is 2.84. The first-order valence-corrected chi connectivity index (χ1v) is 6.09. The van der Waals surface area contributed by atoms with Gasteiger partial charge in [0.1, 0.15) is 5.82 Å². The Morgan fingerprint density at radius 3 is 2.80 bits per heavy atom. The maximum Gasteiger partial charge on any atom is 0.125 e. The Hall–Kier alpha value is -0.470. The molecule has 1 rings (SSSR count). The monoisotopic (exact) mass is 246 g/mol. The van der Waals surface area contributed by atoms with Gasteiger partial charge < -0.3 is 5.32 Å². The van der Waals surface area contributed by atoms with Crippen LogP contribution in [0.2, 0.25) is 5.02 Å². The summed E-state index contributed by atoms with van der Waals surface area (Å²) in [7, 11) is 0. The maximum absolute atomic E-state index is 5.74. The Bertz CT molecular complexity index is 274. The lowest BCUT2D eigenvalue weighted by molar-refractivity contribution is 0.521. The second-order valence-corrected chi connectivity index (χ2v) is 4.31. The van der Waals surface area contributed by atoms with E-state index in [2.05, 4.69) is 17.2 Å². The summed E-state index contributed by atoms with van der Waals surface area (Å²) in [5, 5.41) is 3.94. The molecule has 4 heteroatoms. The zero-order chi connectivity index (χ0) is 11.1. The molecule has 0 amide bonds. The number of halogens is 2. The summed E-state index contributed by atoms with van der Waals surface area (Å²) in [5.41, 5.74) is 0. The van der Waals surface area contributed by atoms with E-state index in [4.69, 9.17) is 23.2 Å². The molecule has 0 saturated carbocycles. The zero-order valence-corrected chi connectivity index (χ0v) is 10.4. The molecule has 2 nitrogen and oxygen atoms in total. The summed E-state index contributed by atoms with van der Waals surface area (Å²) < 4.78 is 0. The van der Waals surface area contributed by atoms with Crippen LogP contribution >= 0.6 is 23.2 Å². The van der Waals surface area contributed by atoms with Gasteiger partial charge in [-0.3, -0.25) is 0 Å². The summed E-state index contributed by atoms with van der Waals surface area (Å²) in [4.78, 5) is 4.17. The molecular weight excluding hydrogens is 231 g/mol. The molecule has 0 aromatic carbocycles. The van der Waals surface area contributed by atoms with Gasteiger partial charge in [0.2, 0.25) is 0 Å². The van der Waals surface area contributed by atoms with E-state index in [1.165, 1.54) is 0 Å². The topological polar surface area (TPSA) is 24.9 Å². The van der Waals surface area contributed by atoms with Gasteiger partial charge in [-0.1, -0.05) is 24.9 Å². The minimum atomic E-state index is 0.611. The molecule has 1 N–H and O–H groups in total. The predicted molar refractivity (Wildman–Crippen MR) is 66.9 cm³/mol. The van der Waals surface area contributed by atoms with Crippen LogP contribution < -0.4 is 5.32 Å². The Kier molecular flexibility index (Phi) is 5.81. The van der Waals surface area contributed by atoms with Crippen molar-refractivity contribution in [1.82, 2.24) is 4.98 Å². The number of anilines is 1. The maximum atomic E-state index is 5.74. The van der Waals surface area contributed by atoms with Gasteiger partial charge in [-0.05, 0) is 24.5 Å². The highest BCUT2D eigenvalue weighted by molar-refractivity contribution is 6.30. The molecule has 1 aromatic rings. The lowest BCUT2D eigenvalue weighted by Gasteiger charge is -2.14. The van der Waals surface area contributed by atoms with Gasteiger partial charge in [-0.15, -0.1) is 11.6 Å². The molecule has 1 unspecified atom stereocenters. The van der Waals surface area contributed by atoms with E-state index < -0.39 is 0 Å². The molecule has 0 saturated heterocycles. The van der Waals surface area contributed by atoms with E-state index in [1.54, 1.807) is 6.20 Å². The first kappa shape index (κ1) is 12.6. The molecule has 15 heavy (non-hydrogen) atoms. The number of rotatable bonds is 6. The molecule has 0 bridgehead atoms. The predicted octanol–water partition coefficient (Wildman–Crippen LogP) is 3.80. The number of hydrogen-bond acceptors (Lipinski definition) is 2. The number of pyridine rings is 1. The third kappa shape index (κ3) is 4.72. The second-order valence-electron chi connectivity index (χ2n) is 3.49. The van der Waals surface area contributed by atoms with Crippen molar-refractivity contribution in [1.29, 1.82) is 0 Å². The van der Waals surface area contributed by atoms with E-state index in [0.29, 0.717) is 16.8 Å². The number of alkyl halides is 1. The normalized spacial score (nSPS) is 12.5. The van der Waals surface area contributed by atoms with Crippen LogP contribution in [-0.4, -0.2) is 17.4 Å². The van der Waals surface area contributed by atoms with Crippen molar-refractivity contribution in [2.24, 2.45) is 5.92 Å². The van der Waals surface area contributed by atoms with E-state index in [9.17, 15) is 0 Å². The molecule has 0 fully saturated rings. The number of hydrogen-bond donors (Lipinski definition) is 1. The Morgan fingerprint density at radius 1 is 1.47 bits per heavy atom. The van der Waals surface area contributed by atoms with Crippen molar-refractivity contribution in [2.75, 3.05) is 17.7 Å². The highest BCUT2D eigenvalue weighted by Gasteiger charge is 2.05. The minimum absolute atomic E-state index is 0.611. The fourth-order valence-corrected chi connectivity index (χ4v) is 1.75. The van der Waals surface area contributed by atoms with Gasteiger partial charge in [0.25, 0.3) is 0 Å². The first-order valence-electron chi connectivity index (χ1n) is 5.17. The van der Waals surface area contributed by atoms with Crippen molar-refractivity contribution in [3.05, 3.63) is 23.4 Å². The lowest BCUT2D eigenvalue weighted by Crippen LogP contribution is -2.14. The first-order chi connectivity index (χ1) is 7.26. The van der Waals surface area contributed by atoms with Gasteiger partial charge in [0.05, 0.1) is 5.02 Å². The summed E-state index contributed by atoms with van der Waals surface area (Å²) in [5.74, 6) is 2.20. The molecule has 1 aromatic heterocycles. The van der Waals surface area contributed by atoms with Gasteiger partial charge in [-0.25, -0.2) is 4.98 Å². The van der Waals surface area contributed by atoms with Crippen LogP contribution in [0.1, 0.15) is 19.8 Å². The summed E-state index contributed by atoms with van der Waals surface area (Å²) in [6.07, 6.45) is 3.82. The van der Waals surface area contributed by atoms with Gasteiger partial charge in [0.15, 0.2) is 0 Å². The minimum Gasteiger partial charge on any atom is -0.370 e. The Labute approximate surface area is 101 Å². The van der Waals surface area contributed by atoms with Crippen LogP contribution in [0.5, 0.6) is 0 Å². The third-order valence-electron chi connectivity index (χ3n) is 2.39. The van der Waals surface area contributed by atoms with Crippen molar-refractivity contribution < 1.29 is 0 Å². The molecular formula is C11H16Cl2N2. The summed E-state index contributed by atoms with van der Waals surface area (Å²) in [6, 6.07) is 3.72. The van der Waals surface area contributed by atoms with Crippen LogP contribution in [0.15, 0.2) is 18.3 Å². The molecule has 0 aliphatic heterocycles. The summed E-state index contributed by atoms with van der Waals surface area (Å²) in [6.45, 7) is 3.09. The van der Waals surface area contributed by atoms with E-state index in [0.717, 1.165) is 25.2 Å². The highest BCUT2D eigenvalue weighted by Crippen LogP contribution is 2.13. The fraction of sp³-hybridized carbons (Fsp3) is 0.545. The van der Waals surface area contributed by atoms with E-state index >= 15 is 0 Å². The summed E-state index contributed by atoms with van der Waals surface area (Å²) >= 11 is 11.5. The van der Waals surface area contributed by atoms with E-state index in [-0.39, 0.29) is 0 Å². The van der Waals surface area contributed by atoms with Gasteiger partial charge in [0, 0.05) is 18.6 Å². The second kappa shape index (κ2) is 6.91. The number of aromatic nitrogens is 1. The van der Waals surface area contributed by atoms with Gasteiger partial charge >= 0.3 is 0 Å². The average molecular weight is 247 g/mol. The van der Waals surface area contributed by atoms with E-state index in [1.807, 2.05) is 12.1 Å². The van der Waals surface area contributed by atoms with Crippen LogP contribution in [0.25, 0.3) is 0 Å². The molecule has 0 spiro atoms. The standard InChI is InChI=1S/C11H16Cl2N2/c1-2-9(5-6-12)7-14-11-4-3-10(13)8-15-11/h3-4,8-9H,2,5-7H2,1H3,(H,14,15). The van der Waals surface area contributed by atoms with Crippen LogP contribution in [0.4, 0.5) is 5.82 Å². The molecule has 1 heterocycles. The SMILES string of the molecule is CCC(CCCl)CNc1ccc(Cl)cn1. The average Bonchev–Trinajstić information content (AvgIpc) is 2.26. The van der Waals surface area contributed by atoms with Crippen molar-refractivity contribution >= 4 is 29.0 Å². The van der Waals surface area contributed by atoms with Crippen molar-refractivity contribution in [3.8, 4) is 0 Å². The van der Waals surface area contributed by atoms with Crippen molar-refractivity contribution in [3.63, 3.8) is 0 Å². The smallest absolute Gasteiger partial charge is 0.125 e. The Balaban J connectivity index is 2.38. The zero-order valence-electron chi connectivity index (χ0n) is 8.84. The lowest BCUT2D eigenvalue weighted by atomic mass is 10.0. The number of nitrogens with one attached hydrogen (secondary N) is 1. The molecule has 0 radical (unpaired) electrons. The van der Waals surface area contributed by atoms with Crippen LogP contribution in [0, 0.1) is 5.92 Å². The number of nitrogens with zero attached hydrogens (tertiary/aromatic N) is 1. The van der Waals surface area contributed by atoms with Gasteiger partial charge in [-0.2, -0.15) is 0 Å². The molecule has 0 aliphatic rings. The van der Waals surface area contributed by atoms with Crippen LogP contribution in [0.3, 0.4) is 0 Å². The quantitative estimate of drug-likeness (QED) is 0.773. The molecule has 84 valence electrons. The van der Waals surface area contributed by atoms with Crippen molar-refractivity contribution in [2.45, 2.75) is 19.8 Å².